The molecule has 0 aliphatic heterocycles. The highest BCUT2D eigenvalue weighted by Crippen LogP contribution is 2.25. The van der Waals surface area contributed by atoms with Crippen molar-refractivity contribution in [1.29, 1.82) is 0 Å². The summed E-state index contributed by atoms with van der Waals surface area (Å²) in [6.45, 7) is 0.756. The quantitative estimate of drug-likeness (QED) is 0.857. The van der Waals surface area contributed by atoms with Gasteiger partial charge in [0, 0.05) is 0 Å². The fourth-order valence-corrected chi connectivity index (χ4v) is 2.65. The van der Waals surface area contributed by atoms with Crippen molar-refractivity contribution in [2.45, 2.75) is 31.4 Å². The van der Waals surface area contributed by atoms with E-state index in [-0.39, 0.29) is 6.04 Å². The summed E-state index contributed by atoms with van der Waals surface area (Å²) in [6.07, 6.45) is 4.26. The minimum absolute atomic E-state index is 0.274. The molecule has 2 nitrogen and oxygen atoms in total. The number of nitrogens with one attached hydrogen (secondary N) is 1. The average Bonchev–Trinajstić information content (AvgIpc) is 2.51. The Balaban J connectivity index is 1.66. The monoisotopic (exact) mass is 281 g/mol. The molecule has 1 aliphatic rings. The molecule has 0 heterocycles. The van der Waals surface area contributed by atoms with Crippen LogP contribution in [-0.4, -0.2) is 19.8 Å². The minimum Gasteiger partial charge on any atom is -0.376 e. The van der Waals surface area contributed by atoms with Gasteiger partial charge < -0.3 is 10.1 Å². The molecule has 1 fully saturated rings. The summed E-state index contributed by atoms with van der Waals surface area (Å²) in [7, 11) is 2.00. The highest BCUT2D eigenvalue weighted by Gasteiger charge is 2.20. The molecule has 1 atom stereocenters. The molecule has 0 amide bonds. The highest BCUT2D eigenvalue weighted by molar-refractivity contribution is 5.63. The molecule has 0 aromatic heterocycles. The summed E-state index contributed by atoms with van der Waals surface area (Å²) in [5.41, 5.74) is 3.81. The lowest BCUT2D eigenvalue weighted by Crippen LogP contribution is -2.28. The highest BCUT2D eigenvalue weighted by atomic mass is 16.5. The fraction of sp³-hybridized carbons (Fsp3) is 0.368. The topological polar surface area (TPSA) is 21.3 Å². The van der Waals surface area contributed by atoms with Crippen LogP contribution in [0.2, 0.25) is 0 Å². The molecular formula is C19H23NO. The van der Waals surface area contributed by atoms with Crippen molar-refractivity contribution >= 4 is 0 Å². The van der Waals surface area contributed by atoms with Crippen LogP contribution < -0.4 is 5.32 Å². The second-order valence-electron chi connectivity index (χ2n) is 5.72. The maximum absolute atomic E-state index is 5.94. The predicted octanol–water partition coefficient (Wildman–Crippen LogP) is 4.18. The Labute approximate surface area is 127 Å². The van der Waals surface area contributed by atoms with E-state index in [1.54, 1.807) is 0 Å². The van der Waals surface area contributed by atoms with Gasteiger partial charge in [0.15, 0.2) is 0 Å². The van der Waals surface area contributed by atoms with E-state index in [0.717, 1.165) is 6.61 Å². The molecule has 0 radical (unpaired) electrons. The first kappa shape index (κ1) is 14.3. The van der Waals surface area contributed by atoms with Gasteiger partial charge in [0.25, 0.3) is 0 Å². The van der Waals surface area contributed by atoms with Gasteiger partial charge in [-0.05, 0) is 43.0 Å². The van der Waals surface area contributed by atoms with Crippen LogP contribution in [0.15, 0.2) is 54.6 Å². The number of hydrogen-bond acceptors (Lipinski definition) is 2. The summed E-state index contributed by atoms with van der Waals surface area (Å²) in [5, 5.41) is 3.36. The zero-order valence-corrected chi connectivity index (χ0v) is 12.6. The standard InChI is InChI=1S/C19H23NO/c1-20-19(14-21-18-8-5-9-18)17-12-10-16(11-13-17)15-6-3-2-4-7-15/h2-4,6-7,10-13,18-20H,5,8-9,14H2,1H3. The third-order valence-corrected chi connectivity index (χ3v) is 4.32. The second kappa shape index (κ2) is 6.88. The van der Waals surface area contributed by atoms with E-state index in [9.17, 15) is 0 Å². The lowest BCUT2D eigenvalue weighted by Gasteiger charge is -2.28. The van der Waals surface area contributed by atoms with E-state index in [1.807, 2.05) is 13.1 Å². The first-order valence-electron chi connectivity index (χ1n) is 7.81. The summed E-state index contributed by atoms with van der Waals surface area (Å²) < 4.78 is 5.94. The molecular weight excluding hydrogens is 258 g/mol. The smallest absolute Gasteiger partial charge is 0.0665 e. The summed E-state index contributed by atoms with van der Waals surface area (Å²) in [5.74, 6) is 0. The van der Waals surface area contributed by atoms with Crippen molar-refractivity contribution in [3.05, 3.63) is 60.2 Å². The molecule has 2 heteroatoms. The average molecular weight is 281 g/mol. The number of rotatable bonds is 6. The number of ether oxygens (including phenoxy) is 1. The Morgan fingerprint density at radius 1 is 1.00 bits per heavy atom. The van der Waals surface area contributed by atoms with Crippen LogP contribution in [0.25, 0.3) is 11.1 Å². The number of likely N-dealkylation sites (N-methyl/N-ethyl adjacent to an activating group) is 1. The molecule has 0 spiro atoms. The van der Waals surface area contributed by atoms with Crippen molar-refractivity contribution in [3.63, 3.8) is 0 Å². The molecule has 1 unspecified atom stereocenters. The number of hydrogen-bond donors (Lipinski definition) is 1. The van der Waals surface area contributed by atoms with Gasteiger partial charge >= 0.3 is 0 Å². The number of benzene rings is 2. The van der Waals surface area contributed by atoms with Crippen molar-refractivity contribution in [1.82, 2.24) is 5.32 Å². The Hall–Kier alpha value is -1.64. The van der Waals surface area contributed by atoms with Gasteiger partial charge in [0.1, 0.15) is 0 Å². The van der Waals surface area contributed by atoms with E-state index in [2.05, 4.69) is 53.8 Å². The summed E-state index contributed by atoms with van der Waals surface area (Å²) >= 11 is 0. The normalized spacial score (nSPS) is 16.4. The van der Waals surface area contributed by atoms with Crippen LogP contribution >= 0.6 is 0 Å². The lowest BCUT2D eigenvalue weighted by atomic mass is 9.96. The van der Waals surface area contributed by atoms with Gasteiger partial charge in [-0.2, -0.15) is 0 Å². The molecule has 2 aromatic rings. The van der Waals surface area contributed by atoms with E-state index in [4.69, 9.17) is 4.74 Å². The van der Waals surface area contributed by atoms with Gasteiger partial charge in [-0.3, -0.25) is 0 Å². The fourth-order valence-electron chi connectivity index (χ4n) is 2.65. The molecule has 110 valence electrons. The minimum atomic E-state index is 0.274. The van der Waals surface area contributed by atoms with E-state index in [1.165, 1.54) is 36.0 Å². The molecule has 2 aromatic carbocycles. The first-order valence-corrected chi connectivity index (χ1v) is 7.81. The molecule has 21 heavy (non-hydrogen) atoms. The molecule has 1 N–H and O–H groups in total. The Morgan fingerprint density at radius 2 is 1.67 bits per heavy atom. The molecule has 1 aliphatic carbocycles. The van der Waals surface area contributed by atoms with Crippen LogP contribution in [-0.2, 0) is 4.74 Å². The zero-order chi connectivity index (χ0) is 14.5. The molecule has 0 saturated heterocycles. The van der Waals surface area contributed by atoms with Crippen LogP contribution in [0.3, 0.4) is 0 Å². The Kier molecular flexibility index (Phi) is 4.69. The SMILES string of the molecule is CNC(COC1CCC1)c1ccc(-c2ccccc2)cc1. The largest absolute Gasteiger partial charge is 0.376 e. The lowest BCUT2D eigenvalue weighted by molar-refractivity contribution is -0.00793. The van der Waals surface area contributed by atoms with E-state index < -0.39 is 0 Å². The third-order valence-electron chi connectivity index (χ3n) is 4.32. The van der Waals surface area contributed by atoms with Crippen molar-refractivity contribution in [2.24, 2.45) is 0 Å². The summed E-state index contributed by atoms with van der Waals surface area (Å²) in [6, 6.07) is 19.5. The van der Waals surface area contributed by atoms with Gasteiger partial charge in [0.2, 0.25) is 0 Å². The van der Waals surface area contributed by atoms with Crippen LogP contribution in [0.1, 0.15) is 30.9 Å². The van der Waals surface area contributed by atoms with Crippen molar-refractivity contribution in [3.8, 4) is 11.1 Å². The molecule has 0 bridgehead atoms. The predicted molar refractivity (Wildman–Crippen MR) is 87.3 cm³/mol. The molecule has 1 saturated carbocycles. The van der Waals surface area contributed by atoms with Crippen LogP contribution in [0, 0.1) is 0 Å². The Bertz CT molecular complexity index is 546. The third kappa shape index (κ3) is 3.52. The van der Waals surface area contributed by atoms with Gasteiger partial charge in [-0.15, -0.1) is 0 Å². The van der Waals surface area contributed by atoms with Crippen molar-refractivity contribution in [2.75, 3.05) is 13.7 Å². The van der Waals surface area contributed by atoms with Gasteiger partial charge in [0.05, 0.1) is 18.8 Å². The maximum atomic E-state index is 5.94. The van der Waals surface area contributed by atoms with E-state index >= 15 is 0 Å². The first-order chi connectivity index (χ1) is 10.4. The van der Waals surface area contributed by atoms with Crippen LogP contribution in [0.4, 0.5) is 0 Å². The van der Waals surface area contributed by atoms with Gasteiger partial charge in [-0.1, -0.05) is 54.6 Å². The van der Waals surface area contributed by atoms with Crippen molar-refractivity contribution < 1.29 is 4.74 Å². The maximum Gasteiger partial charge on any atom is 0.0665 e. The molecule has 3 rings (SSSR count). The second-order valence-corrected chi connectivity index (χ2v) is 5.72. The zero-order valence-electron chi connectivity index (χ0n) is 12.6. The van der Waals surface area contributed by atoms with Crippen LogP contribution in [0.5, 0.6) is 0 Å². The van der Waals surface area contributed by atoms with E-state index in [0.29, 0.717) is 6.10 Å². The Morgan fingerprint density at radius 3 is 2.24 bits per heavy atom. The van der Waals surface area contributed by atoms with Gasteiger partial charge in [-0.25, -0.2) is 0 Å². The summed E-state index contributed by atoms with van der Waals surface area (Å²) in [4.78, 5) is 0.